The molecule has 0 aromatic heterocycles. The van der Waals surface area contributed by atoms with Gasteiger partial charge >= 0.3 is 5.97 Å². The van der Waals surface area contributed by atoms with Gasteiger partial charge in [-0.25, -0.2) is 0 Å². The fourth-order valence-electron chi connectivity index (χ4n) is 1.70. The number of carboxylic acids is 1. The van der Waals surface area contributed by atoms with Gasteiger partial charge in [0.25, 0.3) is 0 Å². The van der Waals surface area contributed by atoms with Crippen LogP contribution in [0.25, 0.3) is 0 Å². The van der Waals surface area contributed by atoms with E-state index in [9.17, 15) is 4.79 Å². The maximum atomic E-state index is 10.7. The fraction of sp³-hybridized carbons (Fsp3) is 0.875. The lowest BCUT2D eigenvalue weighted by atomic mass is 9.84. The summed E-state index contributed by atoms with van der Waals surface area (Å²) in [5.74, 6) is -1.14. The standard InChI is InChI=1S/C8H15NO3/c1-12-7-4-5(9)2-3-6(7)8(10)11/h5-7H,2-4,9H2,1H3,(H,10,11). The van der Waals surface area contributed by atoms with Gasteiger partial charge in [0.2, 0.25) is 0 Å². The molecule has 0 heterocycles. The Kier molecular flexibility index (Phi) is 3.05. The van der Waals surface area contributed by atoms with Gasteiger partial charge in [-0.2, -0.15) is 0 Å². The van der Waals surface area contributed by atoms with E-state index in [1.807, 2.05) is 0 Å². The number of nitrogens with two attached hydrogens (primary N) is 1. The van der Waals surface area contributed by atoms with Crippen LogP contribution in [0, 0.1) is 5.92 Å². The van der Waals surface area contributed by atoms with Crippen molar-refractivity contribution in [2.24, 2.45) is 11.7 Å². The third-order valence-electron chi connectivity index (χ3n) is 2.45. The number of ether oxygens (including phenoxy) is 1. The van der Waals surface area contributed by atoms with Crippen LogP contribution in [0.15, 0.2) is 0 Å². The molecule has 3 N–H and O–H groups in total. The summed E-state index contributed by atoms with van der Waals surface area (Å²) in [4.78, 5) is 10.7. The van der Waals surface area contributed by atoms with Gasteiger partial charge in [0, 0.05) is 13.2 Å². The summed E-state index contributed by atoms with van der Waals surface area (Å²) in [7, 11) is 1.54. The number of hydrogen-bond donors (Lipinski definition) is 2. The fourth-order valence-corrected chi connectivity index (χ4v) is 1.70. The third-order valence-corrected chi connectivity index (χ3v) is 2.45. The maximum absolute atomic E-state index is 10.7. The largest absolute Gasteiger partial charge is 0.481 e. The highest BCUT2D eigenvalue weighted by Crippen LogP contribution is 2.25. The van der Waals surface area contributed by atoms with E-state index < -0.39 is 5.97 Å². The Hall–Kier alpha value is -0.610. The van der Waals surface area contributed by atoms with Gasteiger partial charge in [-0.3, -0.25) is 4.79 Å². The number of hydrogen-bond acceptors (Lipinski definition) is 3. The van der Waals surface area contributed by atoms with Crippen molar-refractivity contribution in [2.45, 2.75) is 31.4 Å². The highest BCUT2D eigenvalue weighted by Gasteiger charge is 2.33. The number of aliphatic carboxylic acids is 1. The summed E-state index contributed by atoms with van der Waals surface area (Å²) in [5, 5.41) is 8.81. The molecule has 0 saturated heterocycles. The van der Waals surface area contributed by atoms with Crippen molar-refractivity contribution in [1.29, 1.82) is 0 Å². The Morgan fingerprint density at radius 3 is 2.75 bits per heavy atom. The summed E-state index contributed by atoms with van der Waals surface area (Å²) in [5.41, 5.74) is 5.69. The summed E-state index contributed by atoms with van der Waals surface area (Å²) < 4.78 is 5.07. The van der Waals surface area contributed by atoms with Crippen LogP contribution in [-0.2, 0) is 9.53 Å². The van der Waals surface area contributed by atoms with Crippen LogP contribution in [0.2, 0.25) is 0 Å². The van der Waals surface area contributed by atoms with Gasteiger partial charge in [-0.15, -0.1) is 0 Å². The molecule has 4 nitrogen and oxygen atoms in total. The van der Waals surface area contributed by atoms with E-state index >= 15 is 0 Å². The van der Waals surface area contributed by atoms with Gasteiger partial charge in [0.15, 0.2) is 0 Å². The van der Waals surface area contributed by atoms with Gasteiger partial charge < -0.3 is 15.6 Å². The average molecular weight is 173 g/mol. The molecule has 1 saturated carbocycles. The lowest BCUT2D eigenvalue weighted by molar-refractivity contribution is -0.148. The lowest BCUT2D eigenvalue weighted by Gasteiger charge is -2.30. The third kappa shape index (κ3) is 1.95. The normalized spacial score (nSPS) is 36.3. The average Bonchev–Trinajstić information content (AvgIpc) is 2.03. The molecule has 0 amide bonds. The van der Waals surface area contributed by atoms with E-state index in [4.69, 9.17) is 15.6 Å². The monoisotopic (exact) mass is 173 g/mol. The summed E-state index contributed by atoms with van der Waals surface area (Å²) in [6.07, 6.45) is 1.88. The molecule has 1 aliphatic carbocycles. The molecule has 0 aliphatic heterocycles. The Morgan fingerprint density at radius 1 is 1.58 bits per heavy atom. The summed E-state index contributed by atoms with van der Waals surface area (Å²) in [6.45, 7) is 0. The highest BCUT2D eigenvalue weighted by atomic mass is 16.5. The van der Waals surface area contributed by atoms with Gasteiger partial charge in [0.05, 0.1) is 12.0 Å². The first kappa shape index (κ1) is 9.48. The Balaban J connectivity index is 2.56. The van der Waals surface area contributed by atoms with E-state index in [1.54, 1.807) is 7.11 Å². The van der Waals surface area contributed by atoms with Crippen LogP contribution >= 0.6 is 0 Å². The second-order valence-corrected chi connectivity index (χ2v) is 3.29. The van der Waals surface area contributed by atoms with Crippen molar-refractivity contribution in [3.8, 4) is 0 Å². The first-order valence-electron chi connectivity index (χ1n) is 4.16. The minimum Gasteiger partial charge on any atom is -0.481 e. The predicted octanol–water partition coefficient (Wildman–Crippen LogP) is 0.213. The van der Waals surface area contributed by atoms with E-state index in [1.165, 1.54) is 0 Å². The molecule has 0 aromatic carbocycles. The van der Waals surface area contributed by atoms with Crippen LogP contribution in [0.5, 0.6) is 0 Å². The zero-order valence-electron chi connectivity index (χ0n) is 7.19. The number of methoxy groups -OCH3 is 1. The molecule has 4 heteroatoms. The van der Waals surface area contributed by atoms with Crippen LogP contribution in [0.3, 0.4) is 0 Å². The Labute approximate surface area is 71.7 Å². The van der Waals surface area contributed by atoms with E-state index in [-0.39, 0.29) is 18.1 Å². The van der Waals surface area contributed by atoms with Crippen LogP contribution in [-0.4, -0.2) is 30.3 Å². The molecule has 70 valence electrons. The second-order valence-electron chi connectivity index (χ2n) is 3.29. The van der Waals surface area contributed by atoms with Gasteiger partial charge in [-0.05, 0) is 19.3 Å². The Bertz CT molecular complexity index is 172. The summed E-state index contributed by atoms with van der Waals surface area (Å²) in [6, 6.07) is 0.102. The summed E-state index contributed by atoms with van der Waals surface area (Å²) >= 11 is 0. The van der Waals surface area contributed by atoms with Crippen molar-refractivity contribution < 1.29 is 14.6 Å². The molecule has 1 fully saturated rings. The Morgan fingerprint density at radius 2 is 2.25 bits per heavy atom. The van der Waals surface area contributed by atoms with E-state index in [0.29, 0.717) is 12.8 Å². The first-order valence-corrected chi connectivity index (χ1v) is 4.16. The molecule has 0 radical (unpaired) electrons. The quantitative estimate of drug-likeness (QED) is 0.626. The van der Waals surface area contributed by atoms with Gasteiger partial charge in [0.1, 0.15) is 0 Å². The van der Waals surface area contributed by atoms with Crippen LogP contribution in [0.4, 0.5) is 0 Å². The zero-order chi connectivity index (χ0) is 9.14. The predicted molar refractivity (Wildman–Crippen MR) is 43.7 cm³/mol. The molecular weight excluding hydrogens is 158 g/mol. The first-order chi connectivity index (χ1) is 5.65. The molecular formula is C8H15NO3. The van der Waals surface area contributed by atoms with E-state index in [0.717, 1.165) is 6.42 Å². The molecule has 0 spiro atoms. The van der Waals surface area contributed by atoms with Crippen molar-refractivity contribution in [3.05, 3.63) is 0 Å². The number of carboxylic acid groups (broad SMARTS) is 1. The van der Waals surface area contributed by atoms with Crippen LogP contribution in [0.1, 0.15) is 19.3 Å². The van der Waals surface area contributed by atoms with Crippen molar-refractivity contribution in [2.75, 3.05) is 7.11 Å². The minimum absolute atomic E-state index is 0.102. The molecule has 3 unspecified atom stereocenters. The SMILES string of the molecule is COC1CC(N)CCC1C(=O)O. The topological polar surface area (TPSA) is 72.5 Å². The van der Waals surface area contributed by atoms with Crippen molar-refractivity contribution in [1.82, 2.24) is 0 Å². The maximum Gasteiger partial charge on any atom is 0.309 e. The molecule has 0 bridgehead atoms. The highest BCUT2D eigenvalue weighted by molar-refractivity contribution is 5.70. The second kappa shape index (κ2) is 3.87. The van der Waals surface area contributed by atoms with Gasteiger partial charge in [-0.1, -0.05) is 0 Å². The smallest absolute Gasteiger partial charge is 0.309 e. The molecule has 0 aromatic rings. The molecule has 12 heavy (non-hydrogen) atoms. The van der Waals surface area contributed by atoms with E-state index in [2.05, 4.69) is 0 Å². The van der Waals surface area contributed by atoms with Crippen molar-refractivity contribution in [3.63, 3.8) is 0 Å². The number of carbonyl (C=O) groups is 1. The number of rotatable bonds is 2. The van der Waals surface area contributed by atoms with Crippen LogP contribution < -0.4 is 5.73 Å². The molecule has 1 rings (SSSR count). The van der Waals surface area contributed by atoms with Crippen molar-refractivity contribution >= 4 is 5.97 Å². The lowest BCUT2D eigenvalue weighted by Crippen LogP contribution is -2.41. The zero-order valence-corrected chi connectivity index (χ0v) is 7.19. The molecule has 1 aliphatic rings. The minimum atomic E-state index is -0.770. The molecule has 3 atom stereocenters.